The summed E-state index contributed by atoms with van der Waals surface area (Å²) >= 11 is 0. The molecule has 6 bridgehead atoms. The van der Waals surface area contributed by atoms with Gasteiger partial charge in [-0.15, -0.1) is 0 Å². The quantitative estimate of drug-likeness (QED) is 0.207. The molecule has 1 amide bonds. The second kappa shape index (κ2) is 16.5. The van der Waals surface area contributed by atoms with Crippen molar-refractivity contribution in [3.8, 4) is 17.2 Å². The van der Waals surface area contributed by atoms with E-state index >= 15 is 0 Å². The van der Waals surface area contributed by atoms with Crippen LogP contribution in [0.4, 0.5) is 5.69 Å². The predicted octanol–water partition coefficient (Wildman–Crippen LogP) is 4.64. The van der Waals surface area contributed by atoms with Crippen LogP contribution in [0.5, 0.6) is 17.2 Å². The molecule has 1 spiro atoms. The minimum absolute atomic E-state index is 0.0617. The molecule has 0 unspecified atom stereocenters. The van der Waals surface area contributed by atoms with Crippen LogP contribution in [-0.4, -0.2) is 105 Å². The van der Waals surface area contributed by atoms with E-state index in [0.717, 1.165) is 19.3 Å². The lowest BCUT2D eigenvalue weighted by Gasteiger charge is -2.38. The van der Waals surface area contributed by atoms with Crippen molar-refractivity contribution < 1.29 is 53.8 Å². The Bertz CT molecular complexity index is 2360. The predicted molar refractivity (Wildman–Crippen MR) is 226 cm³/mol. The molecule has 2 aromatic rings. The van der Waals surface area contributed by atoms with Gasteiger partial charge in [0, 0.05) is 79.7 Å². The molecule has 5 N–H and O–H groups in total. The number of carbonyl (C=O) groups excluding carboxylic acids is 3. The SMILES string of the molecule is CO[C@H]1/C=C/O[C@@]2(C)Oc3c(C)c(O)c4c(O)c(c5c(c4c3C2=O)N[C@@]2(CC[C@H]3CC[C@@H](C2)N3C)N=5)=NC(=O)/C(C)=C\C=C\[C@H](C)[C@H](O)[C@@H](C)[C@@H](O)[C@@H](C)[C@H](OC(C)=O)[C@@H]1C. The zero-order valence-electron chi connectivity index (χ0n) is 36.7. The lowest BCUT2D eigenvalue weighted by molar-refractivity contribution is -0.160. The van der Waals surface area contributed by atoms with Crippen LogP contribution in [0.15, 0.2) is 46.1 Å². The Morgan fingerprint density at radius 3 is 2.34 bits per heavy atom. The molecule has 0 aromatic heterocycles. The van der Waals surface area contributed by atoms with Gasteiger partial charge >= 0.3 is 11.8 Å². The van der Waals surface area contributed by atoms with E-state index in [-0.39, 0.29) is 55.7 Å². The number of nitrogens with zero attached hydrogens (tertiary/aromatic N) is 3. The number of anilines is 1. The largest absolute Gasteiger partial charge is 0.507 e. The highest BCUT2D eigenvalue weighted by atomic mass is 16.7. The van der Waals surface area contributed by atoms with E-state index in [4.69, 9.17) is 23.9 Å². The van der Waals surface area contributed by atoms with Gasteiger partial charge in [0.1, 0.15) is 34.0 Å². The number of fused-ring (bicyclic) bond motifs is 3. The molecule has 15 heteroatoms. The van der Waals surface area contributed by atoms with Gasteiger partial charge in [0.2, 0.25) is 0 Å². The number of ether oxygens (including phenoxy) is 4. The summed E-state index contributed by atoms with van der Waals surface area (Å²) in [6, 6.07) is 0.598. The van der Waals surface area contributed by atoms with Crippen molar-refractivity contribution in [1.29, 1.82) is 0 Å². The van der Waals surface area contributed by atoms with Gasteiger partial charge in [-0.05, 0) is 52.7 Å². The Balaban J connectivity index is 1.43. The van der Waals surface area contributed by atoms with Crippen LogP contribution < -0.4 is 20.8 Å². The van der Waals surface area contributed by atoms with Crippen molar-refractivity contribution in [2.75, 3.05) is 19.5 Å². The molecule has 5 aliphatic rings. The first-order valence-electron chi connectivity index (χ1n) is 21.3. The van der Waals surface area contributed by atoms with E-state index in [2.05, 4.69) is 22.3 Å². The van der Waals surface area contributed by atoms with Gasteiger partial charge in [0.05, 0.1) is 41.2 Å². The van der Waals surface area contributed by atoms with Gasteiger partial charge in [-0.2, -0.15) is 0 Å². The summed E-state index contributed by atoms with van der Waals surface area (Å²) in [4.78, 5) is 53.2. The topological polar surface area (TPSA) is 209 Å². The maximum absolute atomic E-state index is 14.8. The minimum atomic E-state index is -1.95. The number of hydrogen-bond acceptors (Lipinski definition) is 14. The van der Waals surface area contributed by atoms with Crippen molar-refractivity contribution in [3.63, 3.8) is 0 Å². The lowest BCUT2D eigenvalue weighted by Crippen LogP contribution is -2.46. The van der Waals surface area contributed by atoms with Gasteiger partial charge < -0.3 is 49.6 Å². The van der Waals surface area contributed by atoms with E-state index in [1.54, 1.807) is 65.8 Å². The lowest BCUT2D eigenvalue weighted by atomic mass is 9.78. The number of hydrogen-bond donors (Lipinski definition) is 5. The molecule has 2 saturated heterocycles. The average molecular weight is 845 g/mol. The van der Waals surface area contributed by atoms with Gasteiger partial charge in [-0.3, -0.25) is 19.4 Å². The molecule has 330 valence electrons. The Morgan fingerprint density at radius 1 is 0.951 bits per heavy atom. The number of phenols is 2. The summed E-state index contributed by atoms with van der Waals surface area (Å²) in [7, 11) is 3.60. The molecule has 0 saturated carbocycles. The highest BCUT2D eigenvalue weighted by molar-refractivity contribution is 6.21. The van der Waals surface area contributed by atoms with Gasteiger partial charge in [0.15, 0.2) is 5.75 Å². The van der Waals surface area contributed by atoms with Gasteiger partial charge in [0.25, 0.3) is 11.7 Å². The van der Waals surface area contributed by atoms with Crippen LogP contribution in [-0.2, 0) is 23.8 Å². The molecule has 5 heterocycles. The molecule has 2 aromatic carbocycles. The fourth-order valence-electron chi connectivity index (χ4n) is 10.2. The van der Waals surface area contributed by atoms with Crippen molar-refractivity contribution in [2.24, 2.45) is 33.7 Å². The number of allylic oxidation sites excluding steroid dienone is 2. The molecular weight excluding hydrogens is 785 g/mol. The number of amides is 1. The number of rotatable bonds is 2. The molecule has 0 radical (unpaired) electrons. The maximum atomic E-state index is 14.8. The summed E-state index contributed by atoms with van der Waals surface area (Å²) in [6.07, 6.45) is 8.12. The van der Waals surface area contributed by atoms with Crippen molar-refractivity contribution >= 4 is 34.1 Å². The number of Topliss-reactive ketones (excluding diaryl/α,β-unsaturated/α-hetero) is 1. The molecular formula is C46H60N4O11. The maximum Gasteiger partial charge on any atom is 0.312 e. The normalized spacial score (nSPS) is 37.5. The fraction of sp³-hybridized carbons (Fsp3) is 0.587. The van der Waals surface area contributed by atoms with Crippen LogP contribution in [0.1, 0.15) is 96.5 Å². The Kier molecular flexibility index (Phi) is 11.9. The number of esters is 1. The third-order valence-corrected chi connectivity index (χ3v) is 14.1. The number of methoxy groups -OCH3 is 1. The number of aliphatic hydroxyl groups excluding tert-OH is 2. The Hall–Kier alpha value is -4.83. The Labute approximate surface area is 355 Å². The second-order valence-electron chi connectivity index (χ2n) is 18.1. The second-order valence-corrected chi connectivity index (χ2v) is 18.1. The first-order chi connectivity index (χ1) is 28.7. The van der Waals surface area contributed by atoms with Crippen LogP contribution >= 0.6 is 0 Å². The number of nitrogens with one attached hydrogen (secondary N) is 1. The molecule has 7 rings (SSSR count). The van der Waals surface area contributed by atoms with E-state index in [1.165, 1.54) is 27.2 Å². The van der Waals surface area contributed by atoms with Gasteiger partial charge in [-0.1, -0.05) is 45.9 Å². The van der Waals surface area contributed by atoms with Crippen molar-refractivity contribution in [3.05, 3.63) is 58.0 Å². The smallest absolute Gasteiger partial charge is 0.312 e. The number of benzene rings is 2. The minimum Gasteiger partial charge on any atom is -0.507 e. The summed E-state index contributed by atoms with van der Waals surface area (Å²) in [5.74, 6) is -6.98. The third kappa shape index (κ3) is 7.61. The fourth-order valence-corrected chi connectivity index (χ4v) is 10.2. The number of aliphatic hydroxyl groups is 2. The zero-order chi connectivity index (χ0) is 44.5. The number of aromatic hydroxyl groups is 2. The molecule has 12 atom stereocenters. The number of carbonyl (C=O) groups is 3. The molecule has 2 fully saturated rings. The van der Waals surface area contributed by atoms with Crippen LogP contribution in [0.25, 0.3) is 10.8 Å². The summed E-state index contributed by atoms with van der Waals surface area (Å²) in [6.45, 7) is 12.9. The summed E-state index contributed by atoms with van der Waals surface area (Å²) < 4.78 is 24.1. The van der Waals surface area contributed by atoms with E-state index in [0.29, 0.717) is 24.6 Å². The van der Waals surface area contributed by atoms with Crippen molar-refractivity contribution in [2.45, 2.75) is 135 Å². The third-order valence-electron chi connectivity index (χ3n) is 14.1. The highest BCUT2D eigenvalue weighted by Gasteiger charge is 2.51. The molecule has 61 heavy (non-hydrogen) atoms. The zero-order valence-corrected chi connectivity index (χ0v) is 36.7. The van der Waals surface area contributed by atoms with Crippen LogP contribution in [0.2, 0.25) is 0 Å². The molecule has 5 aliphatic heterocycles. The van der Waals surface area contributed by atoms with E-state index in [9.17, 15) is 34.8 Å². The van der Waals surface area contributed by atoms with E-state index < -0.39 is 82.9 Å². The first-order valence-corrected chi connectivity index (χ1v) is 21.3. The number of ketones is 1. The summed E-state index contributed by atoms with van der Waals surface area (Å²) in [5, 5.41) is 50.8. The van der Waals surface area contributed by atoms with Crippen LogP contribution in [0, 0.1) is 30.6 Å². The average Bonchev–Trinajstić information content (AvgIpc) is 3.82. The van der Waals surface area contributed by atoms with E-state index in [1.807, 2.05) is 0 Å². The Morgan fingerprint density at radius 2 is 1.66 bits per heavy atom. The monoisotopic (exact) mass is 844 g/mol. The van der Waals surface area contributed by atoms with Crippen LogP contribution in [0.3, 0.4) is 0 Å². The summed E-state index contributed by atoms with van der Waals surface area (Å²) in [5.41, 5.74) is -0.0727. The number of phenolic OH excluding ortho intramolecular Hbond substituents is 2. The van der Waals surface area contributed by atoms with Gasteiger partial charge in [-0.25, -0.2) is 4.99 Å². The standard InChI is InChI=1S/C46H60N4O11/c1-21-12-11-13-22(2)44(57)47-36-35-34(48-46(49-35)18-16-28-14-15-29(20-46)50(28)9)31-32(40(36)55)39(54)26(6)42-33(31)43(56)45(8,61-42)59-19-17-30(58-10)23(3)41(60-27(7)51)25(5)38(53)24(4)37(21)52/h11-13,17,19,21,23-25,28-30,37-38,41,48,52-55H,14-16,18,20H2,1-10H3/b12-11+,19-17+,22-13-,47-36?/t21-,23+,24+,25+,28+,29-,30-,37-,38+,41+,45-,46-/m0/s1. The molecule has 0 aliphatic carbocycles. The highest BCUT2D eigenvalue weighted by Crippen LogP contribution is 2.52. The molecule has 15 nitrogen and oxygen atoms in total. The first kappa shape index (κ1) is 44.2. The van der Waals surface area contributed by atoms with Crippen molar-refractivity contribution in [1.82, 2.24) is 4.90 Å².